The SMILES string of the molecule is O=P(c1ccccc1)(c1ccccc1)c1ccc(-c2ccc3sc4ccccc4c3c2)cc1.O=P(c1ccccc1)(c1ccccc1)c1ccc(-c2cccc3c2oc2ccc(-c4ccc5oc6cccnc6c5c4)cc23)cc1. The molecule has 0 unspecified atom stereocenters. The fraction of sp³-hybridized carbons (Fsp3) is 0. The molecule has 0 spiro atoms. The fourth-order valence-corrected chi connectivity index (χ4v) is 17.4. The van der Waals surface area contributed by atoms with E-state index in [1.165, 1.54) is 25.7 Å². The molecule has 0 N–H and O–H groups in total. The van der Waals surface area contributed by atoms with Crippen molar-refractivity contribution in [1.29, 1.82) is 0 Å². The minimum absolute atomic E-state index is 0.787. The Kier molecular flexibility index (Phi) is 12.2. The molecule has 0 saturated carbocycles. The third-order valence-electron chi connectivity index (χ3n) is 15.0. The molecular weight excluding hydrogens is 1020 g/mol. The summed E-state index contributed by atoms with van der Waals surface area (Å²) in [4.78, 5) is 4.55. The molecule has 15 rings (SSSR count). The van der Waals surface area contributed by atoms with Crippen LogP contribution in [0.4, 0.5) is 0 Å². The Morgan fingerprint density at radius 1 is 0.304 bits per heavy atom. The van der Waals surface area contributed by atoms with E-state index in [9.17, 15) is 9.13 Å². The highest BCUT2D eigenvalue weighted by molar-refractivity contribution is 7.85. The van der Waals surface area contributed by atoms with E-state index in [1.807, 2.05) is 181 Å². The Bertz CT molecular complexity index is 4740. The van der Waals surface area contributed by atoms with E-state index in [0.717, 1.165) is 104 Å². The van der Waals surface area contributed by atoms with Crippen LogP contribution in [0, 0.1) is 0 Å². The van der Waals surface area contributed by atoms with E-state index in [0.29, 0.717) is 0 Å². The fourth-order valence-electron chi connectivity index (χ4n) is 11.0. The maximum Gasteiger partial charge on any atom is 0.171 e. The van der Waals surface area contributed by atoms with Gasteiger partial charge in [-0.15, -0.1) is 11.3 Å². The molecule has 11 aromatic carbocycles. The third-order valence-corrected chi connectivity index (χ3v) is 22.3. The van der Waals surface area contributed by atoms with E-state index < -0.39 is 14.3 Å². The first-order valence-electron chi connectivity index (χ1n) is 26.2. The number of thiophene rings is 1. The van der Waals surface area contributed by atoms with E-state index >= 15 is 0 Å². The molecule has 4 heterocycles. The number of benzene rings is 11. The Morgan fingerprint density at radius 2 is 0.747 bits per heavy atom. The van der Waals surface area contributed by atoms with Crippen LogP contribution in [0.15, 0.2) is 294 Å². The summed E-state index contributed by atoms with van der Waals surface area (Å²) in [5.41, 5.74) is 10.6. The van der Waals surface area contributed by atoms with Gasteiger partial charge in [-0.05, 0) is 82.4 Å². The topological polar surface area (TPSA) is 73.3 Å². The average Bonchev–Trinajstić information content (AvgIpc) is 4.34. The zero-order valence-corrected chi connectivity index (χ0v) is 45.1. The lowest BCUT2D eigenvalue weighted by atomic mass is 9.99. The minimum Gasteiger partial charge on any atom is -0.455 e. The van der Waals surface area contributed by atoms with Gasteiger partial charge >= 0.3 is 0 Å². The van der Waals surface area contributed by atoms with Crippen LogP contribution in [0.25, 0.3) is 97.6 Å². The number of pyridine rings is 1. The maximum absolute atomic E-state index is 14.8. The van der Waals surface area contributed by atoms with Crippen molar-refractivity contribution in [3.8, 4) is 33.4 Å². The van der Waals surface area contributed by atoms with Gasteiger partial charge < -0.3 is 18.0 Å². The second kappa shape index (κ2) is 20.0. The van der Waals surface area contributed by atoms with Gasteiger partial charge in [0, 0.05) is 79.9 Å². The van der Waals surface area contributed by atoms with Crippen molar-refractivity contribution in [3.63, 3.8) is 0 Å². The molecule has 4 aromatic heterocycles. The van der Waals surface area contributed by atoms with Crippen molar-refractivity contribution in [1.82, 2.24) is 4.98 Å². The molecule has 8 heteroatoms. The van der Waals surface area contributed by atoms with Crippen LogP contribution < -0.4 is 31.8 Å². The van der Waals surface area contributed by atoms with Gasteiger partial charge in [-0.2, -0.15) is 0 Å². The molecule has 5 nitrogen and oxygen atoms in total. The predicted molar refractivity (Wildman–Crippen MR) is 333 cm³/mol. The number of nitrogens with zero attached hydrogens (tertiary/aromatic N) is 1. The Balaban J connectivity index is 0.000000151. The maximum atomic E-state index is 14.8. The standard InChI is InChI=1S/C41H26NO3P.C30H21OPS/c43-46(30-9-3-1-4-10-30,31-11-5-2-6-12-31)32-20-16-27(17-21-32)33-13-7-14-34-35-25-28(18-22-37(35)45-41(33)34)29-19-23-38-36(26-29)40-39(44-38)15-8-24-42-40;31-32(24-9-3-1-4-10-24,25-11-5-2-6-12-25)26-18-15-22(16-19-26)23-17-20-30-28(21-23)27-13-7-8-14-29(27)33-30/h1-26H;1-21H. The van der Waals surface area contributed by atoms with Crippen LogP contribution in [0.5, 0.6) is 0 Å². The highest BCUT2D eigenvalue weighted by Gasteiger charge is 2.31. The van der Waals surface area contributed by atoms with Crippen LogP contribution in [-0.4, -0.2) is 4.98 Å². The van der Waals surface area contributed by atoms with Crippen LogP contribution in [0.3, 0.4) is 0 Å². The highest BCUT2D eigenvalue weighted by atomic mass is 32.1. The van der Waals surface area contributed by atoms with Gasteiger partial charge in [0.15, 0.2) is 19.9 Å². The number of hydrogen-bond acceptors (Lipinski definition) is 6. The zero-order chi connectivity index (χ0) is 52.9. The molecule has 79 heavy (non-hydrogen) atoms. The second-order valence-corrected chi connectivity index (χ2v) is 26.2. The van der Waals surface area contributed by atoms with Gasteiger partial charge in [-0.25, -0.2) is 0 Å². The van der Waals surface area contributed by atoms with Gasteiger partial charge in [0.1, 0.15) is 22.3 Å². The first kappa shape index (κ1) is 48.2. The summed E-state index contributed by atoms with van der Waals surface area (Å²) in [6.45, 7) is 0. The largest absolute Gasteiger partial charge is 0.455 e. The minimum atomic E-state index is -3.05. The first-order valence-corrected chi connectivity index (χ1v) is 30.4. The summed E-state index contributed by atoms with van der Waals surface area (Å²) in [6, 6.07) is 93.5. The summed E-state index contributed by atoms with van der Waals surface area (Å²) < 4.78 is 44.5. The number of hydrogen-bond donors (Lipinski definition) is 0. The third kappa shape index (κ3) is 8.54. The Hall–Kier alpha value is -9.15. The number of furan rings is 2. The van der Waals surface area contributed by atoms with Crippen molar-refractivity contribution < 1.29 is 18.0 Å². The number of aromatic nitrogens is 1. The summed E-state index contributed by atoms with van der Waals surface area (Å²) in [5, 5.41) is 10.7. The number of para-hydroxylation sites is 1. The van der Waals surface area contributed by atoms with E-state index in [1.54, 1.807) is 6.20 Å². The second-order valence-electron chi connectivity index (χ2n) is 19.6. The zero-order valence-electron chi connectivity index (χ0n) is 42.5. The van der Waals surface area contributed by atoms with Crippen molar-refractivity contribution >= 4 is 122 Å². The highest BCUT2D eigenvalue weighted by Crippen LogP contribution is 2.45. The van der Waals surface area contributed by atoms with E-state index in [-0.39, 0.29) is 0 Å². The molecule has 15 aromatic rings. The molecule has 0 aliphatic carbocycles. The molecule has 0 fully saturated rings. The van der Waals surface area contributed by atoms with Crippen LogP contribution >= 0.6 is 25.6 Å². The predicted octanol–water partition coefficient (Wildman–Crippen LogP) is 17.2. The van der Waals surface area contributed by atoms with Gasteiger partial charge in [0.25, 0.3) is 0 Å². The number of fused-ring (bicyclic) bond motifs is 9. The summed E-state index contributed by atoms with van der Waals surface area (Å²) >= 11 is 1.83. The molecule has 0 radical (unpaired) electrons. The summed E-state index contributed by atoms with van der Waals surface area (Å²) in [6.07, 6.45) is 1.80. The van der Waals surface area contributed by atoms with Crippen LogP contribution in [0.2, 0.25) is 0 Å². The van der Waals surface area contributed by atoms with Crippen LogP contribution in [-0.2, 0) is 9.13 Å². The molecule has 0 saturated heterocycles. The average molecular weight is 1070 g/mol. The number of rotatable bonds is 9. The van der Waals surface area contributed by atoms with Gasteiger partial charge in [-0.3, -0.25) is 4.98 Å². The summed E-state index contributed by atoms with van der Waals surface area (Å²) in [5.74, 6) is 0. The lowest BCUT2D eigenvalue weighted by molar-refractivity contribution is 0.591. The lowest BCUT2D eigenvalue weighted by Crippen LogP contribution is -2.24. The van der Waals surface area contributed by atoms with Gasteiger partial charge in [-0.1, -0.05) is 224 Å². The molecule has 0 atom stereocenters. The van der Waals surface area contributed by atoms with Crippen molar-refractivity contribution in [2.45, 2.75) is 0 Å². The molecular formula is C71H47NO4P2S. The van der Waals surface area contributed by atoms with Crippen molar-refractivity contribution in [2.75, 3.05) is 0 Å². The van der Waals surface area contributed by atoms with Crippen molar-refractivity contribution in [2.24, 2.45) is 0 Å². The smallest absolute Gasteiger partial charge is 0.171 e. The summed E-state index contributed by atoms with van der Waals surface area (Å²) in [7, 11) is -6.00. The van der Waals surface area contributed by atoms with E-state index in [4.69, 9.17) is 8.83 Å². The molecule has 0 aliphatic rings. The molecule has 376 valence electrons. The van der Waals surface area contributed by atoms with Crippen molar-refractivity contribution in [3.05, 3.63) is 285 Å². The van der Waals surface area contributed by atoms with Gasteiger partial charge in [0.05, 0.1) is 0 Å². The van der Waals surface area contributed by atoms with Gasteiger partial charge in [0.2, 0.25) is 0 Å². The Morgan fingerprint density at radius 3 is 1.34 bits per heavy atom. The van der Waals surface area contributed by atoms with E-state index in [2.05, 4.69) is 114 Å². The molecule has 0 bridgehead atoms. The van der Waals surface area contributed by atoms with Crippen LogP contribution in [0.1, 0.15) is 0 Å². The lowest BCUT2D eigenvalue weighted by Gasteiger charge is -2.20. The quantitative estimate of drug-likeness (QED) is 0.135. The first-order chi connectivity index (χ1) is 38.9. The monoisotopic (exact) mass is 1070 g/mol. The molecule has 0 amide bonds. The Labute approximate surface area is 460 Å². The normalized spacial score (nSPS) is 11.9. The molecule has 0 aliphatic heterocycles.